The summed E-state index contributed by atoms with van der Waals surface area (Å²) in [5.74, 6) is 1.88. The minimum Gasteiger partial charge on any atom is -0.497 e. The molecule has 1 aromatic carbocycles. The molecular formula is C13H20N4OS3. The Bertz CT molecular complexity index is 470. The monoisotopic (exact) mass is 344 g/mol. The van der Waals surface area contributed by atoms with Gasteiger partial charge in [0.1, 0.15) is 5.75 Å². The van der Waals surface area contributed by atoms with Crippen molar-refractivity contribution in [3.8, 4) is 5.75 Å². The van der Waals surface area contributed by atoms with Gasteiger partial charge in [0.15, 0.2) is 10.2 Å². The third-order valence-electron chi connectivity index (χ3n) is 2.43. The van der Waals surface area contributed by atoms with Gasteiger partial charge in [-0.15, -0.1) is 0 Å². The fraction of sp³-hybridized carbons (Fsp3) is 0.385. The van der Waals surface area contributed by atoms with Crippen molar-refractivity contribution in [2.24, 2.45) is 0 Å². The van der Waals surface area contributed by atoms with Gasteiger partial charge in [-0.1, -0.05) is 6.07 Å². The second kappa shape index (κ2) is 10.5. The molecule has 0 aliphatic rings. The van der Waals surface area contributed by atoms with Crippen LogP contribution in [0.4, 0.5) is 5.69 Å². The maximum atomic E-state index is 5.17. The van der Waals surface area contributed by atoms with Crippen molar-refractivity contribution >= 4 is 52.1 Å². The lowest BCUT2D eigenvalue weighted by molar-refractivity contribution is 0.415. The van der Waals surface area contributed by atoms with Crippen LogP contribution in [0.2, 0.25) is 0 Å². The fourth-order valence-corrected chi connectivity index (χ4v) is 2.19. The topological polar surface area (TPSA) is 57.4 Å². The van der Waals surface area contributed by atoms with Gasteiger partial charge in [-0.05, 0) is 55.0 Å². The first-order valence-electron chi connectivity index (χ1n) is 6.39. The number of thioether (sulfide) groups is 1. The molecule has 1 rings (SSSR count). The van der Waals surface area contributed by atoms with Crippen LogP contribution >= 0.6 is 36.2 Å². The normalized spacial score (nSPS) is 9.62. The molecule has 0 unspecified atom stereocenters. The van der Waals surface area contributed by atoms with Crippen molar-refractivity contribution in [2.75, 3.05) is 31.0 Å². The Kier molecular flexibility index (Phi) is 8.88. The Labute approximate surface area is 140 Å². The highest BCUT2D eigenvalue weighted by Crippen LogP contribution is 2.16. The summed E-state index contributed by atoms with van der Waals surface area (Å²) < 4.78 is 5.15. The van der Waals surface area contributed by atoms with E-state index in [9.17, 15) is 0 Å². The molecule has 0 saturated heterocycles. The van der Waals surface area contributed by atoms with Crippen molar-refractivity contribution in [1.29, 1.82) is 0 Å². The molecule has 5 nitrogen and oxygen atoms in total. The average molecular weight is 345 g/mol. The largest absolute Gasteiger partial charge is 0.497 e. The van der Waals surface area contributed by atoms with E-state index in [2.05, 4.69) is 27.7 Å². The van der Waals surface area contributed by atoms with Gasteiger partial charge >= 0.3 is 0 Å². The Balaban J connectivity index is 2.25. The third-order valence-corrected chi connectivity index (χ3v) is 3.58. The van der Waals surface area contributed by atoms with Crippen LogP contribution in [0.25, 0.3) is 0 Å². The molecule has 0 fully saturated rings. The van der Waals surface area contributed by atoms with Gasteiger partial charge in [-0.25, -0.2) is 0 Å². The molecule has 0 aromatic heterocycles. The molecule has 0 aliphatic carbocycles. The molecule has 8 heteroatoms. The summed E-state index contributed by atoms with van der Waals surface area (Å²) in [5, 5.41) is 7.07. The van der Waals surface area contributed by atoms with E-state index >= 15 is 0 Å². The summed E-state index contributed by atoms with van der Waals surface area (Å²) in [6.45, 7) is 0.838. The molecule has 1 aromatic rings. The molecule has 0 saturated carbocycles. The van der Waals surface area contributed by atoms with Crippen molar-refractivity contribution in [1.82, 2.24) is 16.2 Å². The smallest absolute Gasteiger partial charge is 0.189 e. The van der Waals surface area contributed by atoms with Crippen molar-refractivity contribution in [3.05, 3.63) is 24.3 Å². The molecule has 0 atom stereocenters. The molecule has 116 valence electrons. The van der Waals surface area contributed by atoms with E-state index in [0.29, 0.717) is 10.2 Å². The standard InChI is InChI=1S/C13H20N4OS3/c1-18-11-6-3-5-10(9-11)15-13(20)17-16-12(19)14-7-4-8-21-2/h3,5-6,9H,4,7-8H2,1-2H3,(H2,14,16,19)(H2,15,17,20). The SMILES string of the molecule is COc1cccc(NC(=S)NNC(=S)NCCCSC)c1. The number of hydrogen-bond donors (Lipinski definition) is 4. The van der Waals surface area contributed by atoms with Crippen LogP contribution < -0.4 is 26.2 Å². The molecule has 0 heterocycles. The second-order valence-corrected chi connectivity index (χ2v) is 5.84. The number of ether oxygens (including phenoxy) is 1. The molecular weight excluding hydrogens is 324 g/mol. The number of benzene rings is 1. The van der Waals surface area contributed by atoms with E-state index in [1.807, 2.05) is 36.0 Å². The van der Waals surface area contributed by atoms with Gasteiger partial charge in [-0.2, -0.15) is 11.8 Å². The average Bonchev–Trinajstić information content (AvgIpc) is 2.50. The van der Waals surface area contributed by atoms with Crippen LogP contribution in [0.15, 0.2) is 24.3 Å². The number of hydrogen-bond acceptors (Lipinski definition) is 4. The van der Waals surface area contributed by atoms with Gasteiger partial charge in [0.05, 0.1) is 7.11 Å². The molecule has 0 amide bonds. The number of rotatable bonds is 6. The van der Waals surface area contributed by atoms with E-state index in [1.54, 1.807) is 7.11 Å². The van der Waals surface area contributed by atoms with E-state index in [0.717, 1.165) is 30.2 Å². The lowest BCUT2D eigenvalue weighted by Crippen LogP contribution is -2.48. The lowest BCUT2D eigenvalue weighted by Gasteiger charge is -2.14. The third kappa shape index (κ3) is 7.93. The summed E-state index contributed by atoms with van der Waals surface area (Å²) in [5.41, 5.74) is 6.51. The zero-order valence-electron chi connectivity index (χ0n) is 12.1. The van der Waals surface area contributed by atoms with E-state index in [1.165, 1.54) is 0 Å². The number of thiocarbonyl (C=S) groups is 2. The molecule has 0 bridgehead atoms. The zero-order chi connectivity index (χ0) is 15.5. The lowest BCUT2D eigenvalue weighted by atomic mass is 10.3. The quantitative estimate of drug-likeness (QED) is 0.356. The minimum absolute atomic E-state index is 0.427. The maximum absolute atomic E-state index is 5.17. The highest BCUT2D eigenvalue weighted by molar-refractivity contribution is 7.98. The van der Waals surface area contributed by atoms with Gasteiger partial charge in [0.2, 0.25) is 0 Å². The molecule has 0 spiro atoms. The van der Waals surface area contributed by atoms with E-state index in [4.69, 9.17) is 29.2 Å². The number of anilines is 1. The van der Waals surface area contributed by atoms with Crippen molar-refractivity contribution < 1.29 is 4.74 Å². The highest BCUT2D eigenvalue weighted by atomic mass is 32.2. The van der Waals surface area contributed by atoms with Crippen LogP contribution in [-0.4, -0.2) is 35.9 Å². The second-order valence-electron chi connectivity index (χ2n) is 4.04. The number of methoxy groups -OCH3 is 1. The maximum Gasteiger partial charge on any atom is 0.189 e. The van der Waals surface area contributed by atoms with Crippen molar-refractivity contribution in [2.45, 2.75) is 6.42 Å². The molecule has 0 radical (unpaired) electrons. The van der Waals surface area contributed by atoms with Crippen molar-refractivity contribution in [3.63, 3.8) is 0 Å². The zero-order valence-corrected chi connectivity index (χ0v) is 14.5. The fourth-order valence-electron chi connectivity index (χ4n) is 1.44. The predicted molar refractivity (Wildman–Crippen MR) is 99.1 cm³/mol. The van der Waals surface area contributed by atoms with E-state index < -0.39 is 0 Å². The van der Waals surface area contributed by atoms with Gasteiger partial charge in [0.25, 0.3) is 0 Å². The first kappa shape index (κ1) is 17.8. The van der Waals surface area contributed by atoms with Gasteiger partial charge in [-0.3, -0.25) is 10.9 Å². The van der Waals surface area contributed by atoms with Crippen LogP contribution in [0.1, 0.15) is 6.42 Å². The van der Waals surface area contributed by atoms with Crippen LogP contribution in [-0.2, 0) is 0 Å². The highest BCUT2D eigenvalue weighted by Gasteiger charge is 2.00. The Morgan fingerprint density at radius 3 is 2.71 bits per heavy atom. The molecule has 4 N–H and O–H groups in total. The Morgan fingerprint density at radius 1 is 1.24 bits per heavy atom. The number of hydrazine groups is 1. The summed E-state index contributed by atoms with van der Waals surface area (Å²) in [6, 6.07) is 7.51. The first-order chi connectivity index (χ1) is 10.2. The summed E-state index contributed by atoms with van der Waals surface area (Å²) in [6.07, 6.45) is 3.15. The Morgan fingerprint density at radius 2 is 2.00 bits per heavy atom. The van der Waals surface area contributed by atoms with E-state index in [-0.39, 0.29) is 0 Å². The summed E-state index contributed by atoms with van der Waals surface area (Å²) in [7, 11) is 1.62. The predicted octanol–water partition coefficient (Wildman–Crippen LogP) is 2.11. The van der Waals surface area contributed by atoms with Crippen LogP contribution in [0.3, 0.4) is 0 Å². The first-order valence-corrected chi connectivity index (χ1v) is 8.60. The molecule has 0 aliphatic heterocycles. The van der Waals surface area contributed by atoms with Crippen LogP contribution in [0, 0.1) is 0 Å². The summed E-state index contributed by atoms with van der Waals surface area (Å²) in [4.78, 5) is 0. The Hall–Kier alpha value is -1.25. The molecule has 21 heavy (non-hydrogen) atoms. The van der Waals surface area contributed by atoms with Gasteiger partial charge < -0.3 is 15.4 Å². The van der Waals surface area contributed by atoms with Crippen LogP contribution in [0.5, 0.6) is 5.75 Å². The number of nitrogens with one attached hydrogen (secondary N) is 4. The van der Waals surface area contributed by atoms with Gasteiger partial charge in [0, 0.05) is 18.3 Å². The summed E-state index contributed by atoms with van der Waals surface area (Å²) >= 11 is 12.1. The minimum atomic E-state index is 0.427.